The minimum absolute atomic E-state index is 0.0501. The molecular formula is C23H25N5O2. The minimum Gasteiger partial charge on any atom is -0.339 e. The summed E-state index contributed by atoms with van der Waals surface area (Å²) in [6.45, 7) is 7.79. The Morgan fingerprint density at radius 1 is 1.17 bits per heavy atom. The van der Waals surface area contributed by atoms with Gasteiger partial charge in [0.1, 0.15) is 0 Å². The number of nitrogens with zero attached hydrogens (tertiary/aromatic N) is 5. The summed E-state index contributed by atoms with van der Waals surface area (Å²) >= 11 is 0. The molecule has 5 rings (SSSR count). The highest BCUT2D eigenvalue weighted by atomic mass is 16.5. The van der Waals surface area contributed by atoms with E-state index in [0.717, 1.165) is 25.3 Å². The third-order valence-electron chi connectivity index (χ3n) is 6.25. The quantitative estimate of drug-likeness (QED) is 0.667. The van der Waals surface area contributed by atoms with E-state index in [1.807, 2.05) is 30.9 Å². The van der Waals surface area contributed by atoms with Crippen LogP contribution in [0.5, 0.6) is 0 Å². The lowest BCUT2D eigenvalue weighted by molar-refractivity contribution is -0.00125. The van der Waals surface area contributed by atoms with E-state index < -0.39 is 0 Å². The van der Waals surface area contributed by atoms with Crippen LogP contribution in [0.1, 0.15) is 39.2 Å². The van der Waals surface area contributed by atoms with E-state index in [4.69, 9.17) is 4.52 Å². The molecule has 4 heterocycles. The molecule has 0 radical (unpaired) electrons. The molecule has 7 nitrogen and oxygen atoms in total. The molecule has 0 aliphatic carbocycles. The number of hydrogen-bond acceptors (Lipinski definition) is 6. The molecule has 1 unspecified atom stereocenters. The SMILES string of the molecule is Cc1cc(C(=O)N2CC3(CN(Cc4ccccc4)CC3c3nc(C)no3)C2)ccn1. The van der Waals surface area contributed by atoms with Crippen LogP contribution >= 0.6 is 0 Å². The van der Waals surface area contributed by atoms with E-state index >= 15 is 0 Å². The molecule has 1 spiro atoms. The molecule has 2 aromatic heterocycles. The number of amides is 1. The molecular weight excluding hydrogens is 378 g/mol. The number of rotatable bonds is 4. The molecule has 0 bridgehead atoms. The van der Waals surface area contributed by atoms with Crippen LogP contribution in [0, 0.1) is 19.3 Å². The zero-order chi connectivity index (χ0) is 20.7. The van der Waals surface area contributed by atoms with Crippen molar-refractivity contribution in [1.29, 1.82) is 0 Å². The molecule has 0 saturated carbocycles. The van der Waals surface area contributed by atoms with Crippen molar-refractivity contribution < 1.29 is 9.32 Å². The van der Waals surface area contributed by atoms with Crippen molar-refractivity contribution in [1.82, 2.24) is 24.9 Å². The van der Waals surface area contributed by atoms with Crippen molar-refractivity contribution in [2.75, 3.05) is 26.2 Å². The fourth-order valence-electron chi connectivity index (χ4n) is 4.87. The Morgan fingerprint density at radius 3 is 2.67 bits per heavy atom. The molecule has 3 aromatic rings. The Labute approximate surface area is 175 Å². The van der Waals surface area contributed by atoms with Crippen molar-refractivity contribution in [3.63, 3.8) is 0 Å². The highest BCUT2D eigenvalue weighted by Crippen LogP contribution is 2.49. The Kier molecular flexibility index (Phi) is 4.62. The first kappa shape index (κ1) is 18.9. The van der Waals surface area contributed by atoms with Gasteiger partial charge < -0.3 is 9.42 Å². The van der Waals surface area contributed by atoms with E-state index in [2.05, 4.69) is 44.3 Å². The standard InChI is InChI=1S/C23H25N5O2/c1-16-10-19(8-9-24-16)22(29)28-14-23(15-28)13-27(11-18-6-4-3-5-7-18)12-20(23)21-25-17(2)26-30-21/h3-10,20H,11-15H2,1-2H3. The first-order valence-corrected chi connectivity index (χ1v) is 10.3. The van der Waals surface area contributed by atoms with E-state index in [-0.39, 0.29) is 17.2 Å². The second kappa shape index (κ2) is 7.32. The van der Waals surface area contributed by atoms with Gasteiger partial charge in [-0.05, 0) is 31.5 Å². The van der Waals surface area contributed by atoms with Crippen LogP contribution in [0.4, 0.5) is 0 Å². The maximum absolute atomic E-state index is 13.0. The maximum atomic E-state index is 13.0. The average molecular weight is 403 g/mol. The average Bonchev–Trinajstić information content (AvgIpc) is 3.31. The van der Waals surface area contributed by atoms with Crippen LogP contribution in [0.25, 0.3) is 0 Å². The molecule has 1 aromatic carbocycles. The number of aryl methyl sites for hydroxylation is 2. The lowest BCUT2D eigenvalue weighted by Gasteiger charge is -2.50. The lowest BCUT2D eigenvalue weighted by Crippen LogP contribution is -2.61. The van der Waals surface area contributed by atoms with Crippen LogP contribution in [0.2, 0.25) is 0 Å². The normalized spacial score (nSPS) is 20.5. The Hall–Kier alpha value is -3.06. The number of carbonyl (C=O) groups is 1. The van der Waals surface area contributed by atoms with Crippen LogP contribution in [0.15, 0.2) is 53.2 Å². The van der Waals surface area contributed by atoms with Gasteiger partial charge in [0.2, 0.25) is 5.89 Å². The van der Waals surface area contributed by atoms with Gasteiger partial charge in [-0.1, -0.05) is 35.5 Å². The highest BCUT2D eigenvalue weighted by Gasteiger charge is 2.57. The van der Waals surface area contributed by atoms with Gasteiger partial charge in [0.25, 0.3) is 5.91 Å². The molecule has 1 atom stereocenters. The summed E-state index contributed by atoms with van der Waals surface area (Å²) in [6, 6.07) is 14.1. The summed E-state index contributed by atoms with van der Waals surface area (Å²) in [5.74, 6) is 1.54. The number of likely N-dealkylation sites (tertiary alicyclic amines) is 2. The fraction of sp³-hybridized carbons (Fsp3) is 0.391. The number of benzene rings is 1. The van der Waals surface area contributed by atoms with E-state index in [1.54, 1.807) is 12.3 Å². The molecule has 2 aliphatic heterocycles. The predicted molar refractivity (Wildman–Crippen MR) is 111 cm³/mol. The second-order valence-electron chi connectivity index (χ2n) is 8.60. The molecule has 7 heteroatoms. The summed E-state index contributed by atoms with van der Waals surface area (Å²) < 4.78 is 5.57. The summed E-state index contributed by atoms with van der Waals surface area (Å²) in [6.07, 6.45) is 1.69. The van der Waals surface area contributed by atoms with Gasteiger partial charge in [0.05, 0.1) is 5.92 Å². The predicted octanol–water partition coefficient (Wildman–Crippen LogP) is 2.82. The van der Waals surface area contributed by atoms with Gasteiger partial charge in [0, 0.05) is 55.6 Å². The van der Waals surface area contributed by atoms with Gasteiger partial charge in [0.15, 0.2) is 5.82 Å². The minimum atomic E-state index is -0.0501. The van der Waals surface area contributed by atoms with Crippen LogP contribution in [-0.4, -0.2) is 57.0 Å². The third-order valence-corrected chi connectivity index (χ3v) is 6.25. The van der Waals surface area contributed by atoms with Gasteiger partial charge in [-0.15, -0.1) is 0 Å². The molecule has 154 valence electrons. The molecule has 2 aliphatic rings. The van der Waals surface area contributed by atoms with Crippen molar-refractivity contribution in [3.8, 4) is 0 Å². The number of hydrogen-bond donors (Lipinski definition) is 0. The van der Waals surface area contributed by atoms with Crippen LogP contribution in [0.3, 0.4) is 0 Å². The summed E-state index contributed by atoms with van der Waals surface area (Å²) in [4.78, 5) is 26.1. The fourth-order valence-corrected chi connectivity index (χ4v) is 4.87. The number of pyridine rings is 1. The van der Waals surface area contributed by atoms with Crippen LogP contribution < -0.4 is 0 Å². The maximum Gasteiger partial charge on any atom is 0.254 e. The summed E-state index contributed by atoms with van der Waals surface area (Å²) in [5, 5.41) is 4.01. The number of aromatic nitrogens is 3. The first-order valence-electron chi connectivity index (χ1n) is 10.3. The van der Waals surface area contributed by atoms with E-state index in [1.165, 1.54) is 5.56 Å². The monoisotopic (exact) mass is 403 g/mol. The van der Waals surface area contributed by atoms with Crippen LogP contribution in [-0.2, 0) is 6.54 Å². The zero-order valence-electron chi connectivity index (χ0n) is 17.3. The molecule has 30 heavy (non-hydrogen) atoms. The van der Waals surface area contributed by atoms with Crippen molar-refractivity contribution in [2.24, 2.45) is 5.41 Å². The van der Waals surface area contributed by atoms with E-state index in [0.29, 0.717) is 30.4 Å². The number of carbonyl (C=O) groups excluding carboxylic acids is 1. The summed E-state index contributed by atoms with van der Waals surface area (Å²) in [5.41, 5.74) is 2.78. The molecule has 2 saturated heterocycles. The molecule has 0 N–H and O–H groups in total. The lowest BCUT2D eigenvalue weighted by atomic mass is 9.71. The Balaban J connectivity index is 1.36. The Morgan fingerprint density at radius 2 is 1.97 bits per heavy atom. The topological polar surface area (TPSA) is 75.4 Å². The van der Waals surface area contributed by atoms with Crippen molar-refractivity contribution in [2.45, 2.75) is 26.3 Å². The summed E-state index contributed by atoms with van der Waals surface area (Å²) in [7, 11) is 0. The smallest absolute Gasteiger partial charge is 0.254 e. The zero-order valence-corrected chi connectivity index (χ0v) is 17.3. The van der Waals surface area contributed by atoms with E-state index in [9.17, 15) is 4.79 Å². The second-order valence-corrected chi connectivity index (χ2v) is 8.60. The van der Waals surface area contributed by atoms with Gasteiger partial charge in [-0.25, -0.2) is 0 Å². The molecule has 2 fully saturated rings. The van der Waals surface area contributed by atoms with Gasteiger partial charge in [-0.2, -0.15) is 4.98 Å². The highest BCUT2D eigenvalue weighted by molar-refractivity contribution is 5.94. The van der Waals surface area contributed by atoms with Crippen molar-refractivity contribution in [3.05, 3.63) is 77.2 Å². The third kappa shape index (κ3) is 3.39. The Bertz CT molecular complexity index is 1060. The van der Waals surface area contributed by atoms with Gasteiger partial charge in [-0.3, -0.25) is 14.7 Å². The first-order chi connectivity index (χ1) is 14.5. The largest absolute Gasteiger partial charge is 0.339 e. The van der Waals surface area contributed by atoms with Crippen molar-refractivity contribution >= 4 is 5.91 Å². The van der Waals surface area contributed by atoms with Gasteiger partial charge >= 0.3 is 0 Å². The molecule has 1 amide bonds.